The van der Waals surface area contributed by atoms with Crippen LogP contribution in [0.5, 0.6) is 0 Å². The number of hydrogen-bond donors (Lipinski definition) is 2. The van der Waals surface area contributed by atoms with Gasteiger partial charge in [-0.05, 0) is 25.7 Å². The quantitative estimate of drug-likeness (QED) is 0.688. The lowest BCUT2D eigenvalue weighted by Gasteiger charge is -2.22. The Labute approximate surface area is 88.1 Å². The summed E-state index contributed by atoms with van der Waals surface area (Å²) in [6.45, 7) is 4.64. The maximum absolute atomic E-state index is 9.07. The molecule has 2 heteroatoms. The Balaban J connectivity index is 2.16. The lowest BCUT2D eigenvalue weighted by molar-refractivity contribution is 0.223. The fraction of sp³-hybridized carbons (Fsp3) is 1.00. The second kappa shape index (κ2) is 6.41. The zero-order chi connectivity index (χ0) is 10.4. The van der Waals surface area contributed by atoms with Gasteiger partial charge in [-0.25, -0.2) is 0 Å². The number of rotatable bonds is 6. The van der Waals surface area contributed by atoms with E-state index in [2.05, 4.69) is 19.2 Å². The van der Waals surface area contributed by atoms with Gasteiger partial charge in [0.2, 0.25) is 0 Å². The van der Waals surface area contributed by atoms with Crippen LogP contribution < -0.4 is 5.32 Å². The third-order valence-electron chi connectivity index (χ3n) is 3.40. The third-order valence-corrected chi connectivity index (χ3v) is 3.40. The minimum absolute atomic E-state index is 0.269. The average Bonchev–Trinajstić information content (AvgIpc) is 2.66. The molecule has 0 bridgehead atoms. The molecule has 0 aliphatic heterocycles. The van der Waals surface area contributed by atoms with Gasteiger partial charge in [0.1, 0.15) is 0 Å². The smallest absolute Gasteiger partial charge is 0.0584 e. The van der Waals surface area contributed by atoms with Crippen LogP contribution in [0.2, 0.25) is 0 Å². The predicted molar refractivity (Wildman–Crippen MR) is 60.3 cm³/mol. The van der Waals surface area contributed by atoms with Crippen molar-refractivity contribution in [3.8, 4) is 0 Å². The first-order chi connectivity index (χ1) is 6.76. The van der Waals surface area contributed by atoms with E-state index in [1.54, 1.807) is 0 Å². The van der Waals surface area contributed by atoms with Crippen LogP contribution >= 0.6 is 0 Å². The molecule has 84 valence electrons. The van der Waals surface area contributed by atoms with Crippen LogP contribution in [0.3, 0.4) is 0 Å². The normalized spacial score (nSPS) is 22.5. The molecule has 0 aromatic rings. The van der Waals surface area contributed by atoms with Crippen molar-refractivity contribution in [1.29, 1.82) is 0 Å². The molecule has 0 spiro atoms. The van der Waals surface area contributed by atoms with E-state index in [1.807, 2.05) is 0 Å². The fourth-order valence-corrected chi connectivity index (χ4v) is 2.52. The molecule has 0 radical (unpaired) electrons. The summed E-state index contributed by atoms with van der Waals surface area (Å²) in [5.41, 5.74) is 0. The van der Waals surface area contributed by atoms with Crippen molar-refractivity contribution in [2.24, 2.45) is 5.92 Å². The molecule has 1 aliphatic rings. The van der Waals surface area contributed by atoms with E-state index >= 15 is 0 Å². The van der Waals surface area contributed by atoms with Gasteiger partial charge in [-0.3, -0.25) is 0 Å². The molecule has 1 aliphatic carbocycles. The lowest BCUT2D eigenvalue weighted by Crippen LogP contribution is -2.39. The minimum Gasteiger partial charge on any atom is -0.395 e. The van der Waals surface area contributed by atoms with Crippen LogP contribution in [0.15, 0.2) is 0 Å². The summed E-state index contributed by atoms with van der Waals surface area (Å²) in [5.74, 6) is 0.939. The molecule has 2 atom stereocenters. The van der Waals surface area contributed by atoms with Gasteiger partial charge >= 0.3 is 0 Å². The van der Waals surface area contributed by atoms with Gasteiger partial charge in [0.05, 0.1) is 6.61 Å². The highest BCUT2D eigenvalue weighted by molar-refractivity contribution is 4.75. The summed E-state index contributed by atoms with van der Waals surface area (Å²) >= 11 is 0. The summed E-state index contributed by atoms with van der Waals surface area (Å²) in [6.07, 6.45) is 8.00. The van der Waals surface area contributed by atoms with E-state index in [9.17, 15) is 0 Å². The van der Waals surface area contributed by atoms with E-state index < -0.39 is 0 Å². The van der Waals surface area contributed by atoms with Crippen LogP contribution in [0, 0.1) is 5.92 Å². The first kappa shape index (κ1) is 12.0. The zero-order valence-electron chi connectivity index (χ0n) is 9.63. The van der Waals surface area contributed by atoms with Crippen molar-refractivity contribution in [3.63, 3.8) is 0 Å². The number of nitrogens with one attached hydrogen (secondary N) is 1. The molecule has 1 saturated carbocycles. The summed E-state index contributed by atoms with van der Waals surface area (Å²) in [4.78, 5) is 0. The SMILES string of the molecule is CC[C@H](CO)NC(C)CC1CCCC1. The maximum Gasteiger partial charge on any atom is 0.0584 e. The Kier molecular flexibility index (Phi) is 5.49. The van der Waals surface area contributed by atoms with Crippen LogP contribution in [0.4, 0.5) is 0 Å². The van der Waals surface area contributed by atoms with Gasteiger partial charge in [0, 0.05) is 12.1 Å². The highest BCUT2D eigenvalue weighted by atomic mass is 16.3. The maximum atomic E-state index is 9.07. The van der Waals surface area contributed by atoms with Crippen LogP contribution in [-0.2, 0) is 0 Å². The van der Waals surface area contributed by atoms with E-state index in [1.165, 1.54) is 32.1 Å². The molecule has 0 aromatic carbocycles. The molecule has 1 rings (SSSR count). The Bertz CT molecular complexity index is 135. The highest BCUT2D eigenvalue weighted by Gasteiger charge is 2.18. The second-order valence-electron chi connectivity index (χ2n) is 4.74. The van der Waals surface area contributed by atoms with Gasteiger partial charge < -0.3 is 10.4 Å². The molecule has 2 N–H and O–H groups in total. The minimum atomic E-state index is 0.269. The summed E-state index contributed by atoms with van der Waals surface area (Å²) in [7, 11) is 0. The molecule has 0 amide bonds. The van der Waals surface area contributed by atoms with Crippen molar-refractivity contribution >= 4 is 0 Å². The molecule has 2 nitrogen and oxygen atoms in total. The molecule has 14 heavy (non-hydrogen) atoms. The van der Waals surface area contributed by atoms with Crippen molar-refractivity contribution in [3.05, 3.63) is 0 Å². The molecule has 0 aromatic heterocycles. The number of aliphatic hydroxyl groups excluding tert-OH is 1. The summed E-state index contributed by atoms with van der Waals surface area (Å²) in [5, 5.41) is 12.6. The van der Waals surface area contributed by atoms with Gasteiger partial charge in [0.15, 0.2) is 0 Å². The number of hydrogen-bond acceptors (Lipinski definition) is 2. The van der Waals surface area contributed by atoms with Gasteiger partial charge in [-0.15, -0.1) is 0 Å². The number of aliphatic hydroxyl groups is 1. The van der Waals surface area contributed by atoms with Crippen LogP contribution in [0.25, 0.3) is 0 Å². The van der Waals surface area contributed by atoms with Gasteiger partial charge in [-0.1, -0.05) is 32.6 Å². The summed E-state index contributed by atoms with van der Waals surface area (Å²) in [6, 6.07) is 0.863. The second-order valence-corrected chi connectivity index (χ2v) is 4.74. The molecule has 0 saturated heterocycles. The van der Waals surface area contributed by atoms with Crippen molar-refractivity contribution < 1.29 is 5.11 Å². The van der Waals surface area contributed by atoms with Crippen molar-refractivity contribution in [2.75, 3.05) is 6.61 Å². The molecular formula is C12H25NO. The standard InChI is InChI=1S/C12H25NO/c1-3-12(9-14)13-10(2)8-11-6-4-5-7-11/h10-14H,3-9H2,1-2H3/t10?,12-/m1/s1. The first-order valence-corrected chi connectivity index (χ1v) is 6.13. The zero-order valence-corrected chi connectivity index (χ0v) is 9.63. The van der Waals surface area contributed by atoms with E-state index in [-0.39, 0.29) is 6.61 Å². The first-order valence-electron chi connectivity index (χ1n) is 6.13. The Morgan fingerprint density at radius 1 is 1.36 bits per heavy atom. The fourth-order valence-electron chi connectivity index (χ4n) is 2.52. The lowest BCUT2D eigenvalue weighted by atomic mass is 9.99. The summed E-state index contributed by atoms with van der Waals surface area (Å²) < 4.78 is 0. The predicted octanol–water partition coefficient (Wildman–Crippen LogP) is 2.32. The monoisotopic (exact) mass is 199 g/mol. The molecule has 0 heterocycles. The van der Waals surface area contributed by atoms with Gasteiger partial charge in [-0.2, -0.15) is 0 Å². The average molecular weight is 199 g/mol. The van der Waals surface area contributed by atoms with Crippen molar-refractivity contribution in [2.45, 2.75) is 64.5 Å². The highest BCUT2D eigenvalue weighted by Crippen LogP contribution is 2.28. The van der Waals surface area contributed by atoms with Crippen LogP contribution in [0.1, 0.15) is 52.4 Å². The molecule has 1 fully saturated rings. The van der Waals surface area contributed by atoms with Crippen molar-refractivity contribution in [1.82, 2.24) is 5.32 Å². The van der Waals surface area contributed by atoms with Crippen LogP contribution in [-0.4, -0.2) is 23.8 Å². The van der Waals surface area contributed by atoms with E-state index in [0.717, 1.165) is 12.3 Å². The topological polar surface area (TPSA) is 32.3 Å². The Hall–Kier alpha value is -0.0800. The Morgan fingerprint density at radius 2 is 2.00 bits per heavy atom. The van der Waals surface area contributed by atoms with E-state index in [0.29, 0.717) is 12.1 Å². The van der Waals surface area contributed by atoms with Gasteiger partial charge in [0.25, 0.3) is 0 Å². The molecular weight excluding hydrogens is 174 g/mol. The van der Waals surface area contributed by atoms with E-state index in [4.69, 9.17) is 5.11 Å². The Morgan fingerprint density at radius 3 is 2.50 bits per heavy atom. The largest absolute Gasteiger partial charge is 0.395 e. The molecule has 1 unspecified atom stereocenters. The third kappa shape index (κ3) is 3.97.